The van der Waals surface area contributed by atoms with E-state index in [-0.39, 0.29) is 0 Å². The highest BCUT2D eigenvalue weighted by atomic mass is 16.5. The summed E-state index contributed by atoms with van der Waals surface area (Å²) >= 11 is 0. The fourth-order valence-electron chi connectivity index (χ4n) is 2.78. The third kappa shape index (κ3) is 3.39. The zero-order valence-electron chi connectivity index (χ0n) is 13.2. The molecule has 1 aliphatic rings. The lowest BCUT2D eigenvalue weighted by Crippen LogP contribution is -2.20. The zero-order valence-corrected chi connectivity index (χ0v) is 13.2. The van der Waals surface area contributed by atoms with Crippen LogP contribution in [0.15, 0.2) is 24.3 Å². The molecule has 1 atom stereocenters. The Morgan fingerprint density at radius 3 is 2.82 bits per heavy atom. The first-order valence-corrected chi connectivity index (χ1v) is 7.68. The zero-order chi connectivity index (χ0) is 15.5. The molecule has 1 aliphatic heterocycles. The molecule has 2 aromatic rings. The van der Waals surface area contributed by atoms with E-state index >= 15 is 0 Å². The second-order valence-corrected chi connectivity index (χ2v) is 6.02. The maximum Gasteiger partial charge on any atom is 0.239 e. The number of anilines is 1. The summed E-state index contributed by atoms with van der Waals surface area (Å²) in [7, 11) is 4.08. The lowest BCUT2D eigenvalue weighted by Gasteiger charge is -2.23. The van der Waals surface area contributed by atoms with Crippen LogP contribution in [0.25, 0.3) is 0 Å². The molecule has 0 radical (unpaired) electrons. The quantitative estimate of drug-likeness (QED) is 0.907. The normalized spacial score (nSPS) is 17.5. The molecule has 0 saturated carbocycles. The molecule has 22 heavy (non-hydrogen) atoms. The van der Waals surface area contributed by atoms with Crippen molar-refractivity contribution >= 4 is 5.95 Å². The number of nitrogens with zero attached hydrogens (tertiary/aromatic N) is 4. The van der Waals surface area contributed by atoms with E-state index in [0.29, 0.717) is 18.5 Å². The van der Waals surface area contributed by atoms with Crippen LogP contribution in [-0.4, -0.2) is 46.9 Å². The van der Waals surface area contributed by atoms with Crippen LogP contribution in [0, 0.1) is 0 Å². The smallest absolute Gasteiger partial charge is 0.239 e. The number of hydrogen-bond acceptors (Lipinski definition) is 5. The molecule has 6 nitrogen and oxygen atoms in total. The van der Waals surface area contributed by atoms with E-state index < -0.39 is 0 Å². The summed E-state index contributed by atoms with van der Waals surface area (Å²) in [6.07, 6.45) is 2.01. The van der Waals surface area contributed by atoms with E-state index in [1.165, 1.54) is 5.56 Å². The van der Waals surface area contributed by atoms with Gasteiger partial charge in [-0.1, -0.05) is 12.1 Å². The van der Waals surface area contributed by atoms with Crippen molar-refractivity contribution in [2.45, 2.75) is 25.3 Å². The highest BCUT2D eigenvalue weighted by molar-refractivity contribution is 5.30. The van der Waals surface area contributed by atoms with Crippen molar-refractivity contribution in [3.63, 3.8) is 0 Å². The molecule has 1 aromatic heterocycles. The molecule has 2 heterocycles. The van der Waals surface area contributed by atoms with E-state index in [9.17, 15) is 0 Å². The summed E-state index contributed by atoms with van der Waals surface area (Å²) in [6.45, 7) is 2.47. The number of likely N-dealkylation sites (N-methyl/N-ethyl adjacent to an activating group) is 1. The van der Waals surface area contributed by atoms with Crippen molar-refractivity contribution in [2.75, 3.05) is 33.0 Å². The van der Waals surface area contributed by atoms with Crippen molar-refractivity contribution < 1.29 is 4.74 Å². The molecule has 118 valence electrons. The van der Waals surface area contributed by atoms with Crippen LogP contribution < -0.4 is 10.5 Å². The Labute approximate surface area is 130 Å². The molecule has 1 aromatic carbocycles. The van der Waals surface area contributed by atoms with E-state index in [1.54, 1.807) is 0 Å². The lowest BCUT2D eigenvalue weighted by atomic mass is 9.92. The van der Waals surface area contributed by atoms with Crippen LogP contribution in [0.3, 0.4) is 0 Å². The fraction of sp³-hybridized carbons (Fsp3) is 0.500. The average Bonchev–Trinajstić information content (AvgIpc) is 2.86. The maximum absolute atomic E-state index is 5.73. The molecule has 0 bridgehead atoms. The predicted octanol–water partition coefficient (Wildman–Crippen LogP) is 1.53. The molecule has 6 heteroatoms. The number of benzene rings is 1. The molecule has 0 spiro atoms. The van der Waals surface area contributed by atoms with Gasteiger partial charge >= 0.3 is 0 Å². The van der Waals surface area contributed by atoms with Gasteiger partial charge in [0, 0.05) is 25.4 Å². The number of fused-ring (bicyclic) bond motifs is 1. The number of aryl methyl sites for hydroxylation is 1. The third-order valence-corrected chi connectivity index (χ3v) is 4.03. The van der Waals surface area contributed by atoms with Gasteiger partial charge in [0.15, 0.2) is 0 Å². The number of hydrogen-bond donors (Lipinski definition) is 1. The third-order valence-electron chi connectivity index (χ3n) is 4.03. The SMILES string of the molecule is CN(C)CCOc1ccc(C2CCc3nc(N)nn3C2)cc1. The summed E-state index contributed by atoms with van der Waals surface area (Å²) in [4.78, 5) is 6.36. The topological polar surface area (TPSA) is 69.2 Å². The monoisotopic (exact) mass is 301 g/mol. The lowest BCUT2D eigenvalue weighted by molar-refractivity contribution is 0.261. The molecular formula is C16H23N5O. The molecule has 0 fully saturated rings. The fourth-order valence-corrected chi connectivity index (χ4v) is 2.78. The Hall–Kier alpha value is -2.08. The molecule has 2 N–H and O–H groups in total. The van der Waals surface area contributed by atoms with E-state index in [4.69, 9.17) is 10.5 Å². The number of nitrogens with two attached hydrogens (primary N) is 1. The molecule has 0 saturated heterocycles. The van der Waals surface area contributed by atoms with Crippen LogP contribution >= 0.6 is 0 Å². The summed E-state index contributed by atoms with van der Waals surface area (Å²) in [5.41, 5.74) is 6.99. The number of aromatic nitrogens is 3. The van der Waals surface area contributed by atoms with Gasteiger partial charge in [-0.15, -0.1) is 5.10 Å². The highest BCUT2D eigenvalue weighted by Crippen LogP contribution is 2.29. The van der Waals surface area contributed by atoms with Crippen LogP contribution in [0.5, 0.6) is 5.75 Å². The molecule has 3 rings (SSSR count). The summed E-state index contributed by atoms with van der Waals surface area (Å²) in [5.74, 6) is 2.76. The van der Waals surface area contributed by atoms with E-state index in [2.05, 4.69) is 39.2 Å². The van der Waals surface area contributed by atoms with Crippen LogP contribution in [-0.2, 0) is 13.0 Å². The van der Waals surface area contributed by atoms with Gasteiger partial charge in [-0.05, 0) is 38.2 Å². The number of rotatable bonds is 5. The minimum absolute atomic E-state index is 0.375. The minimum atomic E-state index is 0.375. The van der Waals surface area contributed by atoms with Gasteiger partial charge in [-0.3, -0.25) is 0 Å². The first-order chi connectivity index (χ1) is 10.6. The highest BCUT2D eigenvalue weighted by Gasteiger charge is 2.22. The number of ether oxygens (including phenoxy) is 1. The van der Waals surface area contributed by atoms with Crippen molar-refractivity contribution in [1.82, 2.24) is 19.7 Å². The van der Waals surface area contributed by atoms with Gasteiger partial charge < -0.3 is 15.4 Å². The van der Waals surface area contributed by atoms with Crippen LogP contribution in [0.2, 0.25) is 0 Å². The van der Waals surface area contributed by atoms with Crippen LogP contribution in [0.1, 0.15) is 23.7 Å². The van der Waals surface area contributed by atoms with Gasteiger partial charge in [0.25, 0.3) is 0 Å². The van der Waals surface area contributed by atoms with Crippen molar-refractivity contribution in [1.29, 1.82) is 0 Å². The Morgan fingerprint density at radius 2 is 2.09 bits per heavy atom. The Morgan fingerprint density at radius 1 is 1.32 bits per heavy atom. The molecular weight excluding hydrogens is 278 g/mol. The van der Waals surface area contributed by atoms with Crippen LogP contribution in [0.4, 0.5) is 5.95 Å². The second kappa shape index (κ2) is 6.36. The first kappa shape index (κ1) is 14.8. The Bertz CT molecular complexity index is 620. The predicted molar refractivity (Wildman–Crippen MR) is 86.0 cm³/mol. The minimum Gasteiger partial charge on any atom is -0.492 e. The largest absolute Gasteiger partial charge is 0.492 e. The number of nitrogen functional groups attached to an aromatic ring is 1. The molecule has 0 amide bonds. The molecule has 0 aliphatic carbocycles. The first-order valence-electron chi connectivity index (χ1n) is 7.68. The standard InChI is InChI=1S/C16H23N5O/c1-20(2)9-10-22-14-6-3-12(4-7-14)13-5-8-15-18-16(17)19-21(15)11-13/h3-4,6-7,13H,5,8-11H2,1-2H3,(H2,17,19). The second-order valence-electron chi connectivity index (χ2n) is 6.02. The molecule has 1 unspecified atom stereocenters. The van der Waals surface area contributed by atoms with Gasteiger partial charge in [-0.25, -0.2) is 4.68 Å². The Balaban J connectivity index is 1.61. The van der Waals surface area contributed by atoms with E-state index in [1.807, 2.05) is 18.8 Å². The van der Waals surface area contributed by atoms with Gasteiger partial charge in [0.05, 0.1) is 0 Å². The summed E-state index contributed by atoms with van der Waals surface area (Å²) < 4.78 is 7.67. The van der Waals surface area contributed by atoms with E-state index in [0.717, 1.165) is 37.5 Å². The van der Waals surface area contributed by atoms with Crippen molar-refractivity contribution in [3.05, 3.63) is 35.7 Å². The average molecular weight is 301 g/mol. The van der Waals surface area contributed by atoms with Gasteiger partial charge in [0.2, 0.25) is 5.95 Å². The van der Waals surface area contributed by atoms with Crippen molar-refractivity contribution in [2.24, 2.45) is 0 Å². The van der Waals surface area contributed by atoms with Gasteiger partial charge in [0.1, 0.15) is 18.2 Å². The summed E-state index contributed by atoms with van der Waals surface area (Å²) in [5, 5.41) is 4.26. The summed E-state index contributed by atoms with van der Waals surface area (Å²) in [6, 6.07) is 8.41. The van der Waals surface area contributed by atoms with Gasteiger partial charge in [-0.2, -0.15) is 4.98 Å². The van der Waals surface area contributed by atoms with Crippen molar-refractivity contribution in [3.8, 4) is 5.75 Å². The maximum atomic E-state index is 5.73. The Kier molecular flexibility index (Phi) is 4.29.